The van der Waals surface area contributed by atoms with Crippen LogP contribution >= 0.6 is 15.9 Å². The van der Waals surface area contributed by atoms with Gasteiger partial charge in [-0.2, -0.15) is 0 Å². The number of benzene rings is 1. The van der Waals surface area contributed by atoms with E-state index >= 15 is 0 Å². The maximum absolute atomic E-state index is 5.17. The Morgan fingerprint density at radius 3 is 2.79 bits per heavy atom. The number of rotatable bonds is 1. The average molecular weight is 252 g/mol. The Morgan fingerprint density at radius 2 is 2.07 bits per heavy atom. The Hall–Kier alpha value is -1.09. The molecule has 0 amide bonds. The molecule has 2 nitrogen and oxygen atoms in total. The van der Waals surface area contributed by atoms with Gasteiger partial charge in [-0.3, -0.25) is 0 Å². The quantitative estimate of drug-likeness (QED) is 0.776. The molecule has 2 rings (SSSR count). The predicted octanol–water partition coefficient (Wildman–Crippen LogP) is 3.31. The number of aromatic nitrogens is 1. The topological polar surface area (TPSA) is 22.1 Å². The monoisotopic (exact) mass is 251 g/mol. The van der Waals surface area contributed by atoms with E-state index in [1.807, 2.05) is 25.1 Å². The minimum atomic E-state index is 0.690. The van der Waals surface area contributed by atoms with Crippen LogP contribution < -0.4 is 4.74 Å². The van der Waals surface area contributed by atoms with Crippen LogP contribution in [-0.4, -0.2) is 12.1 Å². The number of pyridine rings is 1. The van der Waals surface area contributed by atoms with Gasteiger partial charge in [0.2, 0.25) is 5.88 Å². The van der Waals surface area contributed by atoms with Crippen molar-refractivity contribution in [2.45, 2.75) is 6.92 Å². The van der Waals surface area contributed by atoms with Crippen LogP contribution in [-0.2, 0) is 0 Å². The fraction of sp³-hybridized carbons (Fsp3) is 0.182. The summed E-state index contributed by atoms with van der Waals surface area (Å²) in [6.07, 6.45) is 0. The van der Waals surface area contributed by atoms with Crippen molar-refractivity contribution in [1.82, 2.24) is 4.98 Å². The first-order valence-corrected chi connectivity index (χ1v) is 5.11. The summed E-state index contributed by atoms with van der Waals surface area (Å²) < 4.78 is 6.20. The molecule has 0 unspecified atom stereocenters. The number of nitrogens with zero attached hydrogens (tertiary/aromatic N) is 1. The molecule has 0 aliphatic rings. The second kappa shape index (κ2) is 3.58. The first kappa shape index (κ1) is 9.46. The predicted molar refractivity (Wildman–Crippen MR) is 60.7 cm³/mol. The van der Waals surface area contributed by atoms with E-state index in [-0.39, 0.29) is 0 Å². The first-order chi connectivity index (χ1) is 6.70. The highest BCUT2D eigenvalue weighted by molar-refractivity contribution is 9.10. The summed E-state index contributed by atoms with van der Waals surface area (Å²) in [4.78, 5) is 4.40. The SMILES string of the molecule is COc1nc2cc(Br)ccc2cc1C. The van der Waals surface area contributed by atoms with Crippen molar-refractivity contribution < 1.29 is 4.74 Å². The molecule has 0 aliphatic carbocycles. The van der Waals surface area contributed by atoms with Gasteiger partial charge in [0.15, 0.2) is 0 Å². The molecule has 0 saturated carbocycles. The molecule has 0 radical (unpaired) electrons. The molecule has 1 heterocycles. The van der Waals surface area contributed by atoms with Crippen molar-refractivity contribution in [1.29, 1.82) is 0 Å². The molecule has 0 spiro atoms. The Bertz CT molecular complexity index is 482. The Labute approximate surface area is 91.0 Å². The van der Waals surface area contributed by atoms with Crippen LogP contribution in [0.15, 0.2) is 28.7 Å². The van der Waals surface area contributed by atoms with Crippen LogP contribution in [0.4, 0.5) is 0 Å². The van der Waals surface area contributed by atoms with Crippen LogP contribution in [0, 0.1) is 6.92 Å². The lowest BCUT2D eigenvalue weighted by molar-refractivity contribution is 0.396. The molecule has 0 bridgehead atoms. The van der Waals surface area contributed by atoms with Gasteiger partial charge in [0.05, 0.1) is 12.6 Å². The number of methoxy groups -OCH3 is 1. The van der Waals surface area contributed by atoms with Gasteiger partial charge in [0.25, 0.3) is 0 Å². The van der Waals surface area contributed by atoms with Crippen molar-refractivity contribution in [3.63, 3.8) is 0 Å². The molecule has 2 aromatic rings. The lowest BCUT2D eigenvalue weighted by Crippen LogP contribution is -1.91. The van der Waals surface area contributed by atoms with Crippen LogP contribution in [0.2, 0.25) is 0 Å². The summed E-state index contributed by atoms with van der Waals surface area (Å²) in [6, 6.07) is 8.11. The number of halogens is 1. The molecule has 0 fully saturated rings. The van der Waals surface area contributed by atoms with Crippen LogP contribution in [0.3, 0.4) is 0 Å². The fourth-order valence-electron chi connectivity index (χ4n) is 1.43. The number of hydrogen-bond donors (Lipinski definition) is 0. The van der Waals surface area contributed by atoms with Crippen molar-refractivity contribution >= 4 is 26.8 Å². The van der Waals surface area contributed by atoms with Gasteiger partial charge >= 0.3 is 0 Å². The van der Waals surface area contributed by atoms with E-state index in [0.717, 1.165) is 20.9 Å². The zero-order chi connectivity index (χ0) is 10.1. The van der Waals surface area contributed by atoms with E-state index in [9.17, 15) is 0 Å². The number of fused-ring (bicyclic) bond motifs is 1. The Morgan fingerprint density at radius 1 is 1.29 bits per heavy atom. The van der Waals surface area contributed by atoms with E-state index in [1.165, 1.54) is 0 Å². The molecule has 1 aromatic carbocycles. The summed E-state index contributed by atoms with van der Waals surface area (Å²) in [6.45, 7) is 1.99. The van der Waals surface area contributed by atoms with Crippen LogP contribution in [0.5, 0.6) is 5.88 Å². The lowest BCUT2D eigenvalue weighted by atomic mass is 10.2. The van der Waals surface area contributed by atoms with E-state index in [2.05, 4.69) is 27.0 Å². The summed E-state index contributed by atoms with van der Waals surface area (Å²) in [5.74, 6) is 0.690. The average Bonchev–Trinajstić information content (AvgIpc) is 2.17. The highest BCUT2D eigenvalue weighted by Crippen LogP contribution is 2.23. The van der Waals surface area contributed by atoms with Gasteiger partial charge in [0.1, 0.15) is 0 Å². The molecule has 1 aromatic heterocycles. The van der Waals surface area contributed by atoms with Crippen molar-refractivity contribution in [3.05, 3.63) is 34.3 Å². The summed E-state index contributed by atoms with van der Waals surface area (Å²) in [5, 5.41) is 1.13. The third-order valence-corrected chi connectivity index (χ3v) is 2.61. The summed E-state index contributed by atoms with van der Waals surface area (Å²) in [5.41, 5.74) is 2.00. The molecule has 0 N–H and O–H groups in total. The zero-order valence-corrected chi connectivity index (χ0v) is 9.63. The van der Waals surface area contributed by atoms with Gasteiger partial charge < -0.3 is 4.74 Å². The lowest BCUT2D eigenvalue weighted by Gasteiger charge is -2.05. The maximum Gasteiger partial charge on any atom is 0.216 e. The Kier molecular flexibility index (Phi) is 2.42. The van der Waals surface area contributed by atoms with Gasteiger partial charge in [-0.1, -0.05) is 22.0 Å². The molecule has 0 aliphatic heterocycles. The van der Waals surface area contributed by atoms with E-state index in [1.54, 1.807) is 7.11 Å². The minimum absolute atomic E-state index is 0.690. The molecule has 0 saturated heterocycles. The summed E-state index contributed by atoms with van der Waals surface area (Å²) in [7, 11) is 1.64. The van der Waals surface area contributed by atoms with Gasteiger partial charge in [0, 0.05) is 15.4 Å². The molecule has 14 heavy (non-hydrogen) atoms. The molecule has 0 atom stereocenters. The number of ether oxygens (including phenoxy) is 1. The molecular formula is C11H10BrNO. The second-order valence-electron chi connectivity index (χ2n) is 3.15. The smallest absolute Gasteiger partial charge is 0.216 e. The minimum Gasteiger partial charge on any atom is -0.481 e. The van der Waals surface area contributed by atoms with Gasteiger partial charge in [-0.25, -0.2) is 4.98 Å². The van der Waals surface area contributed by atoms with Crippen molar-refractivity contribution in [2.75, 3.05) is 7.11 Å². The maximum atomic E-state index is 5.17. The van der Waals surface area contributed by atoms with Crippen LogP contribution in [0.1, 0.15) is 5.56 Å². The molecule has 3 heteroatoms. The first-order valence-electron chi connectivity index (χ1n) is 4.31. The van der Waals surface area contributed by atoms with E-state index in [4.69, 9.17) is 4.74 Å². The zero-order valence-electron chi connectivity index (χ0n) is 8.04. The largest absolute Gasteiger partial charge is 0.481 e. The van der Waals surface area contributed by atoms with Gasteiger partial charge in [-0.15, -0.1) is 0 Å². The van der Waals surface area contributed by atoms with Crippen molar-refractivity contribution in [3.8, 4) is 5.88 Å². The summed E-state index contributed by atoms with van der Waals surface area (Å²) >= 11 is 3.42. The van der Waals surface area contributed by atoms with Crippen molar-refractivity contribution in [2.24, 2.45) is 0 Å². The van der Waals surface area contributed by atoms with Gasteiger partial charge in [-0.05, 0) is 25.1 Å². The molecule has 72 valence electrons. The third kappa shape index (κ3) is 1.60. The second-order valence-corrected chi connectivity index (χ2v) is 4.07. The standard InChI is InChI=1S/C11H10BrNO/c1-7-5-8-3-4-9(12)6-10(8)13-11(7)14-2/h3-6H,1-2H3. The third-order valence-electron chi connectivity index (χ3n) is 2.12. The Balaban J connectivity index is 2.73. The fourth-order valence-corrected chi connectivity index (χ4v) is 1.78. The highest BCUT2D eigenvalue weighted by Gasteiger charge is 2.03. The molecular weight excluding hydrogens is 242 g/mol. The normalized spacial score (nSPS) is 10.5. The number of hydrogen-bond acceptors (Lipinski definition) is 2. The van der Waals surface area contributed by atoms with E-state index < -0.39 is 0 Å². The number of aryl methyl sites for hydroxylation is 1. The van der Waals surface area contributed by atoms with E-state index in [0.29, 0.717) is 5.88 Å². The highest BCUT2D eigenvalue weighted by atomic mass is 79.9. The van der Waals surface area contributed by atoms with Crippen LogP contribution in [0.25, 0.3) is 10.9 Å².